The highest BCUT2D eigenvalue weighted by molar-refractivity contribution is 9.10. The molecule has 1 rings (SSSR count). The molecule has 0 aliphatic heterocycles. The Morgan fingerprint density at radius 3 is 2.67 bits per heavy atom. The van der Waals surface area contributed by atoms with Crippen LogP contribution in [-0.4, -0.2) is 18.7 Å². The first-order valence-electron chi connectivity index (χ1n) is 4.98. The van der Waals surface area contributed by atoms with Gasteiger partial charge in [-0.2, -0.15) is 0 Å². The molecule has 0 aromatic heterocycles. The highest BCUT2D eigenvalue weighted by Gasteiger charge is 2.28. The summed E-state index contributed by atoms with van der Waals surface area (Å²) < 4.78 is 31.2. The molecule has 1 unspecified atom stereocenters. The molecule has 1 aromatic rings. The number of rotatable bonds is 4. The van der Waals surface area contributed by atoms with Gasteiger partial charge in [0.2, 0.25) is 6.17 Å². The van der Waals surface area contributed by atoms with Crippen molar-refractivity contribution in [2.45, 2.75) is 19.1 Å². The van der Waals surface area contributed by atoms with Crippen molar-refractivity contribution in [1.29, 1.82) is 0 Å². The molecule has 1 aromatic carbocycles. The summed E-state index contributed by atoms with van der Waals surface area (Å²) in [4.78, 5) is 11.1. The van der Waals surface area contributed by atoms with Crippen LogP contribution in [0.15, 0.2) is 22.7 Å². The molecule has 7 heteroatoms. The number of benzene rings is 1. The summed E-state index contributed by atoms with van der Waals surface area (Å²) in [7, 11) is 0. The maximum absolute atomic E-state index is 13.6. The molecule has 0 radical (unpaired) electrons. The Morgan fingerprint density at radius 2 is 2.17 bits per heavy atom. The molecule has 2 N–H and O–H groups in total. The number of halogens is 4. The quantitative estimate of drug-likeness (QED) is 0.855. The van der Waals surface area contributed by atoms with Gasteiger partial charge in [-0.3, -0.25) is 0 Å². The third-order valence-corrected chi connectivity index (χ3v) is 2.76. The van der Waals surface area contributed by atoms with Crippen molar-refractivity contribution in [3.05, 3.63) is 34.1 Å². The van der Waals surface area contributed by atoms with Crippen LogP contribution in [0.1, 0.15) is 18.5 Å². The normalized spacial score (nSPS) is 13.4. The minimum atomic E-state index is -1.97. The van der Waals surface area contributed by atoms with Gasteiger partial charge in [0.15, 0.2) is 0 Å². The van der Waals surface area contributed by atoms with Gasteiger partial charge in [0.1, 0.15) is 5.82 Å². The molecule has 0 spiro atoms. The number of nitrogens with two attached hydrogens (primary N) is 1. The third kappa shape index (κ3) is 4.19. The number of hydrogen-bond donors (Lipinski definition) is 1. The third-order valence-electron chi connectivity index (χ3n) is 2.16. The van der Waals surface area contributed by atoms with Gasteiger partial charge in [0, 0.05) is 0 Å². The van der Waals surface area contributed by atoms with Crippen molar-refractivity contribution < 1.29 is 18.3 Å². The predicted octanol–water partition coefficient (Wildman–Crippen LogP) is 2.91. The maximum atomic E-state index is 13.6. The Bertz CT molecular complexity index is 420. The number of alkyl halides is 1. The molecule has 0 saturated carbocycles. The van der Waals surface area contributed by atoms with E-state index in [1.165, 1.54) is 12.1 Å². The first-order chi connectivity index (χ1) is 7.97. The molecule has 0 fully saturated rings. The zero-order chi connectivity index (χ0) is 13.0. The number of carbonyl (C=O) groups is 1. The lowest BCUT2D eigenvalue weighted by atomic mass is 10.0. The molecule has 0 bridgehead atoms. The van der Waals surface area contributed by atoms with Crippen molar-refractivity contribution in [2.75, 3.05) is 6.61 Å². The highest BCUT2D eigenvalue weighted by Crippen LogP contribution is 2.23. The molecular weight excluding hydrogens is 331 g/mol. The van der Waals surface area contributed by atoms with Crippen LogP contribution in [0.3, 0.4) is 0 Å². The van der Waals surface area contributed by atoms with Crippen LogP contribution in [0.2, 0.25) is 0 Å². The first kappa shape index (κ1) is 17.3. The fraction of sp³-hybridized carbons (Fsp3) is 0.364. The van der Waals surface area contributed by atoms with Crippen LogP contribution >= 0.6 is 28.3 Å². The van der Waals surface area contributed by atoms with Crippen molar-refractivity contribution in [1.82, 2.24) is 0 Å². The average molecular weight is 345 g/mol. The predicted molar refractivity (Wildman–Crippen MR) is 69.8 cm³/mol. The topological polar surface area (TPSA) is 52.3 Å². The van der Waals surface area contributed by atoms with E-state index in [9.17, 15) is 13.6 Å². The Balaban J connectivity index is 0.00000289. The van der Waals surface area contributed by atoms with Gasteiger partial charge in [-0.05, 0) is 40.5 Å². The zero-order valence-corrected chi connectivity index (χ0v) is 11.9. The summed E-state index contributed by atoms with van der Waals surface area (Å²) in [5.41, 5.74) is 5.89. The monoisotopic (exact) mass is 343 g/mol. The van der Waals surface area contributed by atoms with E-state index < -0.39 is 24.0 Å². The Kier molecular flexibility index (Phi) is 7.35. The largest absolute Gasteiger partial charge is 0.464 e. The molecule has 3 nitrogen and oxygen atoms in total. The lowest BCUT2D eigenvalue weighted by Crippen LogP contribution is -2.31. The van der Waals surface area contributed by atoms with Crippen LogP contribution in [0, 0.1) is 5.82 Å². The van der Waals surface area contributed by atoms with Gasteiger partial charge >= 0.3 is 5.97 Å². The van der Waals surface area contributed by atoms with Crippen LogP contribution in [0.5, 0.6) is 0 Å². The summed E-state index contributed by atoms with van der Waals surface area (Å²) >= 11 is 2.96. The Hall–Kier alpha value is -0.720. The molecule has 0 heterocycles. The van der Waals surface area contributed by atoms with Gasteiger partial charge < -0.3 is 10.5 Å². The van der Waals surface area contributed by atoms with E-state index in [1.807, 2.05) is 0 Å². The fourth-order valence-electron chi connectivity index (χ4n) is 1.26. The molecular formula is C11H13BrClF2NO2. The number of carbonyl (C=O) groups excluding carboxylic acids is 1. The number of ether oxygens (including phenoxy) is 1. The van der Waals surface area contributed by atoms with E-state index in [0.717, 1.165) is 6.07 Å². The lowest BCUT2D eigenvalue weighted by molar-refractivity contribution is -0.149. The van der Waals surface area contributed by atoms with Gasteiger partial charge in [-0.15, -0.1) is 12.4 Å². The van der Waals surface area contributed by atoms with Crippen LogP contribution in [-0.2, 0) is 9.53 Å². The van der Waals surface area contributed by atoms with Gasteiger partial charge in [0.05, 0.1) is 17.1 Å². The second-order valence-electron chi connectivity index (χ2n) is 3.35. The van der Waals surface area contributed by atoms with E-state index in [1.54, 1.807) is 6.92 Å². The standard InChI is InChI=1S/C11H12BrF2NO2.ClH/c1-2-17-11(16)9(14)10(15)6-3-4-8(13)7(12)5-6;/h3-5,9-10H,2,15H2,1H3;1H/t9?,10-;/m0./s1. The zero-order valence-electron chi connectivity index (χ0n) is 9.53. The Labute approximate surface area is 118 Å². The van der Waals surface area contributed by atoms with E-state index in [-0.39, 0.29) is 23.5 Å². The highest BCUT2D eigenvalue weighted by atomic mass is 79.9. The van der Waals surface area contributed by atoms with Crippen LogP contribution in [0.25, 0.3) is 0 Å². The maximum Gasteiger partial charge on any atom is 0.342 e. The van der Waals surface area contributed by atoms with Gasteiger partial charge in [-0.1, -0.05) is 6.07 Å². The molecule has 0 amide bonds. The van der Waals surface area contributed by atoms with Gasteiger partial charge in [-0.25, -0.2) is 13.6 Å². The summed E-state index contributed by atoms with van der Waals surface area (Å²) in [6.07, 6.45) is -1.97. The van der Waals surface area contributed by atoms with Crippen molar-refractivity contribution >= 4 is 34.3 Å². The fourth-order valence-corrected chi connectivity index (χ4v) is 1.65. The lowest BCUT2D eigenvalue weighted by Gasteiger charge is -2.16. The van der Waals surface area contributed by atoms with Gasteiger partial charge in [0.25, 0.3) is 0 Å². The minimum Gasteiger partial charge on any atom is -0.464 e. The van der Waals surface area contributed by atoms with E-state index in [2.05, 4.69) is 20.7 Å². The van der Waals surface area contributed by atoms with E-state index >= 15 is 0 Å². The van der Waals surface area contributed by atoms with Crippen molar-refractivity contribution in [2.24, 2.45) is 5.73 Å². The van der Waals surface area contributed by atoms with E-state index in [4.69, 9.17) is 5.73 Å². The Morgan fingerprint density at radius 1 is 1.56 bits per heavy atom. The number of esters is 1. The average Bonchev–Trinajstić information content (AvgIpc) is 2.31. The smallest absolute Gasteiger partial charge is 0.342 e. The summed E-state index contributed by atoms with van der Waals surface area (Å²) in [6.45, 7) is 1.66. The summed E-state index contributed by atoms with van der Waals surface area (Å²) in [5.74, 6) is -1.49. The van der Waals surface area contributed by atoms with Crippen LogP contribution in [0.4, 0.5) is 8.78 Å². The molecule has 0 aliphatic carbocycles. The first-order valence-corrected chi connectivity index (χ1v) is 5.78. The molecule has 18 heavy (non-hydrogen) atoms. The molecule has 2 atom stereocenters. The van der Waals surface area contributed by atoms with Crippen molar-refractivity contribution in [3.63, 3.8) is 0 Å². The van der Waals surface area contributed by atoms with Crippen molar-refractivity contribution in [3.8, 4) is 0 Å². The summed E-state index contributed by atoms with van der Waals surface area (Å²) in [5, 5.41) is 0. The molecule has 102 valence electrons. The molecule has 0 aliphatic rings. The number of hydrogen-bond acceptors (Lipinski definition) is 3. The second-order valence-corrected chi connectivity index (χ2v) is 4.21. The van der Waals surface area contributed by atoms with E-state index in [0.29, 0.717) is 5.56 Å². The van der Waals surface area contributed by atoms with Crippen LogP contribution < -0.4 is 5.73 Å². The summed E-state index contributed by atoms with van der Waals surface area (Å²) in [6, 6.07) is 2.64. The molecule has 0 saturated heterocycles. The SMILES string of the molecule is CCOC(=O)C(F)[C@@H](N)c1ccc(F)c(Br)c1.Cl. The minimum absolute atomic E-state index is 0. The second kappa shape index (κ2) is 7.66.